The number of rotatable bonds is 10. The highest BCUT2D eigenvalue weighted by Crippen LogP contribution is 2.52. The van der Waals surface area contributed by atoms with Crippen LogP contribution < -0.4 is 20.2 Å². The molecule has 0 aliphatic heterocycles. The van der Waals surface area contributed by atoms with Crippen molar-refractivity contribution in [1.82, 2.24) is 0 Å². The van der Waals surface area contributed by atoms with E-state index < -0.39 is 16.1 Å². The summed E-state index contributed by atoms with van der Waals surface area (Å²) in [6, 6.07) is 67.7. The maximum Gasteiger partial charge on any atom is 0.0775 e. The third kappa shape index (κ3) is 8.56. The zero-order valence-electron chi connectivity index (χ0n) is 43.6. The average Bonchev–Trinajstić information content (AvgIpc) is 3.32. The van der Waals surface area contributed by atoms with Gasteiger partial charge in [0.25, 0.3) is 0 Å². The van der Waals surface area contributed by atoms with Gasteiger partial charge in [0.15, 0.2) is 0 Å². The Hall–Kier alpha value is -6.73. The van der Waals surface area contributed by atoms with E-state index in [1.54, 1.807) is 0 Å². The van der Waals surface area contributed by atoms with Crippen LogP contribution in [-0.4, -0.2) is 16.1 Å². The smallest absolute Gasteiger partial charge is 0.0775 e. The van der Waals surface area contributed by atoms with Gasteiger partial charge < -0.3 is 9.80 Å². The summed E-state index contributed by atoms with van der Waals surface area (Å²) in [5.74, 6) is 0. The zero-order valence-corrected chi connectivity index (χ0v) is 45.6. The van der Waals surface area contributed by atoms with Crippen LogP contribution in [0.25, 0.3) is 54.6 Å². The van der Waals surface area contributed by atoms with E-state index >= 15 is 0 Å². The molecule has 0 bridgehead atoms. The minimum absolute atomic E-state index is 0.00216. The molecule has 0 atom stereocenters. The highest BCUT2D eigenvalue weighted by atomic mass is 28.3. The first-order valence-corrected chi connectivity index (χ1v) is 32.2. The molecule has 0 fully saturated rings. The van der Waals surface area contributed by atoms with Crippen LogP contribution in [0.1, 0.15) is 48.6 Å². The van der Waals surface area contributed by atoms with Gasteiger partial charge in [-0.1, -0.05) is 204 Å². The van der Waals surface area contributed by atoms with Gasteiger partial charge in [-0.05, 0) is 142 Å². The van der Waals surface area contributed by atoms with Gasteiger partial charge in [-0.2, -0.15) is 0 Å². The fraction of sp³-hybridized carbons (Fsp3) is 0.212. The van der Waals surface area contributed by atoms with Crippen molar-refractivity contribution in [2.24, 2.45) is 0 Å². The van der Waals surface area contributed by atoms with Crippen LogP contribution in [0.2, 0.25) is 39.3 Å². The Kier molecular flexibility index (Phi) is 11.8. The molecule has 0 saturated carbocycles. The second-order valence-electron chi connectivity index (χ2n) is 23.0. The lowest BCUT2D eigenvalue weighted by atomic mass is 9.83. The zero-order chi connectivity index (χ0) is 49.4. The SMILES string of the molecule is Cc1ccccc1-c1ccc(C)c(N(c2ccc([Si](C)(C)C)cc2)c2cc(N(c3ccc([Si](C)(C)C)cc3)c3cc(-c4ccccc4C)ccc3C)c3ccc4cc(C(C)(C)C)cc5ccc2c3c54)c1. The van der Waals surface area contributed by atoms with Gasteiger partial charge in [0.1, 0.15) is 0 Å². The van der Waals surface area contributed by atoms with Gasteiger partial charge in [-0.15, -0.1) is 0 Å². The Morgan fingerprint density at radius 3 is 1.13 bits per heavy atom. The molecule has 10 rings (SSSR count). The molecule has 2 nitrogen and oxygen atoms in total. The van der Waals surface area contributed by atoms with Gasteiger partial charge >= 0.3 is 0 Å². The van der Waals surface area contributed by atoms with Crippen LogP contribution in [0.15, 0.2) is 176 Å². The molecule has 0 aromatic heterocycles. The lowest BCUT2D eigenvalue weighted by Gasteiger charge is -2.34. The van der Waals surface area contributed by atoms with E-state index in [9.17, 15) is 0 Å². The van der Waals surface area contributed by atoms with E-state index in [1.807, 2.05) is 0 Å². The van der Waals surface area contributed by atoms with Crippen molar-refractivity contribution in [3.05, 3.63) is 204 Å². The number of aryl methyl sites for hydroxylation is 4. The molecule has 0 aliphatic carbocycles. The third-order valence-corrected chi connectivity index (χ3v) is 18.9. The molecular weight excluding hydrogens is 877 g/mol. The Bertz CT molecular complexity index is 3360. The molecule has 10 aromatic rings. The predicted octanol–water partition coefficient (Wildman–Crippen LogP) is 18.5. The van der Waals surface area contributed by atoms with Crippen LogP contribution in [0.5, 0.6) is 0 Å². The summed E-state index contributed by atoms with van der Waals surface area (Å²) in [6.07, 6.45) is 0. The van der Waals surface area contributed by atoms with Crippen molar-refractivity contribution in [3.8, 4) is 22.3 Å². The Morgan fingerprint density at radius 1 is 0.357 bits per heavy atom. The molecule has 0 unspecified atom stereocenters. The molecular formula is C66H68N2Si2. The van der Waals surface area contributed by atoms with Crippen molar-refractivity contribution in [2.45, 2.75) is 93.2 Å². The van der Waals surface area contributed by atoms with Crippen molar-refractivity contribution in [1.29, 1.82) is 0 Å². The van der Waals surface area contributed by atoms with Gasteiger partial charge in [0, 0.05) is 38.9 Å². The molecule has 70 heavy (non-hydrogen) atoms. The standard InChI is InChI=1S/C66H68N2Si2/c1-43-18-14-16-20-56(43)47-24-22-45(3)60(40-47)67(52-28-32-54(33-29-52)69(8,9)10)62-42-63(59-37-27-50-39-51(66(5,6)7)38-49-26-36-58(62)65(59)64(49)50)68(53-30-34-55(35-31-53)70(11,12)13)61-41-48(25-23-46(61)4)57-21-17-15-19-44(57)2/h14-42H,1-13H3. The van der Waals surface area contributed by atoms with Gasteiger partial charge in [0.2, 0.25) is 0 Å². The summed E-state index contributed by atoms with van der Waals surface area (Å²) < 4.78 is 0. The van der Waals surface area contributed by atoms with Crippen molar-refractivity contribution < 1.29 is 0 Å². The van der Waals surface area contributed by atoms with Gasteiger partial charge in [-0.25, -0.2) is 0 Å². The minimum atomic E-state index is -1.60. The van der Waals surface area contributed by atoms with Crippen LogP contribution in [0, 0.1) is 27.7 Å². The first-order chi connectivity index (χ1) is 33.3. The first-order valence-electron chi connectivity index (χ1n) is 25.2. The number of hydrogen-bond acceptors (Lipinski definition) is 2. The molecule has 0 spiro atoms. The normalized spacial score (nSPS) is 12.4. The first kappa shape index (κ1) is 47.0. The van der Waals surface area contributed by atoms with Gasteiger partial charge in [0.05, 0.1) is 27.5 Å². The van der Waals surface area contributed by atoms with Crippen LogP contribution in [-0.2, 0) is 5.41 Å². The van der Waals surface area contributed by atoms with E-state index in [1.165, 1.54) is 104 Å². The summed E-state index contributed by atoms with van der Waals surface area (Å²) in [4.78, 5) is 5.15. The maximum absolute atomic E-state index is 2.57. The molecule has 0 aliphatic rings. The Labute approximate surface area is 419 Å². The summed E-state index contributed by atoms with van der Waals surface area (Å²) in [5, 5.41) is 10.5. The fourth-order valence-electron chi connectivity index (χ4n) is 10.5. The molecule has 350 valence electrons. The lowest BCUT2D eigenvalue weighted by Crippen LogP contribution is -2.37. The van der Waals surface area contributed by atoms with Crippen molar-refractivity contribution in [2.75, 3.05) is 9.80 Å². The number of benzene rings is 10. The van der Waals surface area contributed by atoms with Gasteiger partial charge in [-0.3, -0.25) is 0 Å². The minimum Gasteiger partial charge on any atom is -0.310 e. The highest BCUT2D eigenvalue weighted by Gasteiger charge is 2.28. The number of anilines is 6. The maximum atomic E-state index is 2.57. The molecule has 4 heteroatoms. The monoisotopic (exact) mass is 944 g/mol. The largest absolute Gasteiger partial charge is 0.310 e. The fourth-order valence-corrected chi connectivity index (χ4v) is 12.9. The molecule has 0 N–H and O–H groups in total. The summed E-state index contributed by atoms with van der Waals surface area (Å²) >= 11 is 0. The number of nitrogens with zero attached hydrogens (tertiary/aromatic N) is 2. The lowest BCUT2D eigenvalue weighted by molar-refractivity contribution is 0.591. The number of hydrogen-bond donors (Lipinski definition) is 0. The van der Waals surface area contributed by atoms with Crippen LogP contribution >= 0.6 is 0 Å². The summed E-state index contributed by atoms with van der Waals surface area (Å²) in [5.41, 5.74) is 18.2. The van der Waals surface area contributed by atoms with E-state index in [4.69, 9.17) is 0 Å². The van der Waals surface area contributed by atoms with E-state index in [0.717, 1.165) is 22.7 Å². The Balaban J connectivity index is 1.36. The van der Waals surface area contributed by atoms with E-state index in [0.29, 0.717) is 0 Å². The summed E-state index contributed by atoms with van der Waals surface area (Å²) in [6.45, 7) is 30.6. The molecule has 10 aromatic carbocycles. The Morgan fingerprint density at radius 2 is 0.757 bits per heavy atom. The predicted molar refractivity (Wildman–Crippen MR) is 314 cm³/mol. The second-order valence-corrected chi connectivity index (χ2v) is 33.1. The molecule has 0 amide bonds. The van der Waals surface area contributed by atoms with Crippen LogP contribution in [0.3, 0.4) is 0 Å². The molecule has 0 saturated heterocycles. The summed E-state index contributed by atoms with van der Waals surface area (Å²) in [7, 11) is -3.20. The van der Waals surface area contributed by atoms with Crippen molar-refractivity contribution in [3.63, 3.8) is 0 Å². The molecule has 0 heterocycles. The van der Waals surface area contributed by atoms with E-state index in [-0.39, 0.29) is 5.41 Å². The second kappa shape index (κ2) is 17.6. The van der Waals surface area contributed by atoms with Crippen molar-refractivity contribution >= 4 is 93.0 Å². The molecule has 0 radical (unpaired) electrons. The topological polar surface area (TPSA) is 6.48 Å². The highest BCUT2D eigenvalue weighted by molar-refractivity contribution is 6.89. The quantitative estimate of drug-likeness (QED) is 0.0996. The average molecular weight is 945 g/mol. The van der Waals surface area contributed by atoms with E-state index in [2.05, 4.69) is 273 Å². The third-order valence-electron chi connectivity index (χ3n) is 14.8. The van der Waals surface area contributed by atoms with Crippen LogP contribution in [0.4, 0.5) is 34.1 Å².